The number of hydrogen-bond donors (Lipinski definition) is 0. The van der Waals surface area contributed by atoms with Crippen LogP contribution in [0, 0.1) is 12.7 Å². The van der Waals surface area contributed by atoms with Crippen LogP contribution in [0.1, 0.15) is 11.1 Å². The molecular formula is C13H10Br2FNO. The highest BCUT2D eigenvalue weighted by Gasteiger charge is 2.07. The second kappa shape index (κ2) is 5.36. The monoisotopic (exact) mass is 373 g/mol. The Hall–Kier alpha value is -0.940. The zero-order valence-corrected chi connectivity index (χ0v) is 12.8. The van der Waals surface area contributed by atoms with Gasteiger partial charge in [0.05, 0.1) is 6.54 Å². The molecule has 0 spiro atoms. The summed E-state index contributed by atoms with van der Waals surface area (Å²) in [7, 11) is 0. The van der Waals surface area contributed by atoms with Crippen molar-refractivity contribution >= 4 is 31.9 Å². The fraction of sp³-hybridized carbons (Fsp3) is 0.154. The quantitative estimate of drug-likeness (QED) is 0.782. The number of aromatic nitrogens is 1. The van der Waals surface area contributed by atoms with Crippen LogP contribution in [-0.4, -0.2) is 4.57 Å². The molecule has 18 heavy (non-hydrogen) atoms. The van der Waals surface area contributed by atoms with E-state index in [1.165, 1.54) is 10.6 Å². The van der Waals surface area contributed by atoms with Crippen LogP contribution in [0.5, 0.6) is 0 Å². The maximum atomic E-state index is 13.6. The van der Waals surface area contributed by atoms with Crippen molar-refractivity contribution in [1.29, 1.82) is 0 Å². The molecule has 0 amide bonds. The van der Waals surface area contributed by atoms with Gasteiger partial charge in [0.1, 0.15) is 5.82 Å². The minimum Gasteiger partial charge on any atom is -0.310 e. The summed E-state index contributed by atoms with van der Waals surface area (Å²) in [6, 6.07) is 6.44. The average Bonchev–Trinajstić information content (AvgIpc) is 2.30. The summed E-state index contributed by atoms with van der Waals surface area (Å²) < 4.78 is 16.7. The first-order chi connectivity index (χ1) is 8.47. The number of hydrogen-bond acceptors (Lipinski definition) is 1. The Morgan fingerprint density at radius 1 is 1.22 bits per heavy atom. The molecule has 0 atom stereocenters. The van der Waals surface area contributed by atoms with E-state index in [0.717, 1.165) is 8.95 Å². The van der Waals surface area contributed by atoms with E-state index in [-0.39, 0.29) is 17.9 Å². The van der Waals surface area contributed by atoms with Crippen molar-refractivity contribution in [3.05, 3.63) is 66.7 Å². The summed E-state index contributed by atoms with van der Waals surface area (Å²) in [6.07, 6.45) is 1.66. The molecule has 0 unspecified atom stereocenters. The SMILES string of the molecule is Cc1cc(Br)cn(Cc2cc(Br)ccc2F)c1=O. The molecule has 0 saturated heterocycles. The Morgan fingerprint density at radius 2 is 1.94 bits per heavy atom. The van der Waals surface area contributed by atoms with Crippen molar-refractivity contribution in [2.75, 3.05) is 0 Å². The molecule has 94 valence electrons. The highest BCUT2D eigenvalue weighted by Crippen LogP contribution is 2.17. The summed E-state index contributed by atoms with van der Waals surface area (Å²) in [4.78, 5) is 11.9. The molecule has 0 aliphatic heterocycles. The summed E-state index contributed by atoms with van der Waals surface area (Å²) in [5, 5.41) is 0. The van der Waals surface area contributed by atoms with E-state index in [0.29, 0.717) is 11.1 Å². The summed E-state index contributed by atoms with van der Waals surface area (Å²) in [6.45, 7) is 1.95. The molecule has 0 saturated carbocycles. The molecule has 0 bridgehead atoms. The predicted molar refractivity (Wildman–Crippen MR) is 76.3 cm³/mol. The lowest BCUT2D eigenvalue weighted by Crippen LogP contribution is -2.22. The maximum Gasteiger partial charge on any atom is 0.253 e. The molecule has 0 N–H and O–H groups in total. The van der Waals surface area contributed by atoms with E-state index in [1.54, 1.807) is 31.3 Å². The Kier molecular flexibility index (Phi) is 4.02. The van der Waals surface area contributed by atoms with Crippen molar-refractivity contribution in [3.63, 3.8) is 0 Å². The first-order valence-corrected chi connectivity index (χ1v) is 6.86. The molecule has 0 radical (unpaired) electrons. The molecule has 2 aromatic rings. The number of halogens is 3. The van der Waals surface area contributed by atoms with Gasteiger partial charge in [0.25, 0.3) is 5.56 Å². The standard InChI is InChI=1S/C13H10Br2FNO/c1-8-4-11(15)7-17(13(8)18)6-9-5-10(14)2-3-12(9)16/h2-5,7H,6H2,1H3. The number of benzene rings is 1. The van der Waals surface area contributed by atoms with E-state index >= 15 is 0 Å². The fourth-order valence-electron chi connectivity index (χ4n) is 1.71. The highest BCUT2D eigenvalue weighted by atomic mass is 79.9. The van der Waals surface area contributed by atoms with Gasteiger partial charge >= 0.3 is 0 Å². The molecule has 1 aromatic heterocycles. The van der Waals surface area contributed by atoms with Gasteiger partial charge in [0, 0.05) is 26.3 Å². The highest BCUT2D eigenvalue weighted by molar-refractivity contribution is 9.10. The molecular weight excluding hydrogens is 365 g/mol. The third-order valence-corrected chi connectivity index (χ3v) is 3.51. The lowest BCUT2D eigenvalue weighted by atomic mass is 10.2. The Morgan fingerprint density at radius 3 is 2.67 bits per heavy atom. The summed E-state index contributed by atoms with van der Waals surface area (Å²) >= 11 is 6.62. The lowest BCUT2D eigenvalue weighted by Gasteiger charge is -2.09. The molecule has 0 aliphatic rings. The van der Waals surface area contributed by atoms with Crippen molar-refractivity contribution in [2.45, 2.75) is 13.5 Å². The largest absolute Gasteiger partial charge is 0.310 e. The van der Waals surface area contributed by atoms with E-state index in [9.17, 15) is 9.18 Å². The maximum absolute atomic E-state index is 13.6. The van der Waals surface area contributed by atoms with Gasteiger partial charge in [-0.05, 0) is 47.1 Å². The van der Waals surface area contributed by atoms with Gasteiger partial charge in [-0.1, -0.05) is 15.9 Å². The van der Waals surface area contributed by atoms with Gasteiger partial charge in [-0.2, -0.15) is 0 Å². The number of aryl methyl sites for hydroxylation is 1. The normalized spacial score (nSPS) is 10.7. The first kappa shape index (κ1) is 13.5. The van der Waals surface area contributed by atoms with Crippen LogP contribution >= 0.6 is 31.9 Å². The third-order valence-electron chi connectivity index (χ3n) is 2.58. The number of pyridine rings is 1. The molecule has 1 aromatic carbocycles. The molecule has 5 heteroatoms. The number of rotatable bonds is 2. The summed E-state index contributed by atoms with van der Waals surface area (Å²) in [5.41, 5.74) is 0.987. The first-order valence-electron chi connectivity index (χ1n) is 5.28. The third kappa shape index (κ3) is 2.90. The van der Waals surface area contributed by atoms with Crippen molar-refractivity contribution in [2.24, 2.45) is 0 Å². The van der Waals surface area contributed by atoms with E-state index in [2.05, 4.69) is 31.9 Å². The average molecular weight is 375 g/mol. The minimum absolute atomic E-state index is 0.113. The number of nitrogens with zero attached hydrogens (tertiary/aromatic N) is 1. The Bertz CT molecular complexity index is 652. The smallest absolute Gasteiger partial charge is 0.253 e. The van der Waals surface area contributed by atoms with Gasteiger partial charge in [-0.25, -0.2) is 4.39 Å². The van der Waals surface area contributed by atoms with Crippen LogP contribution in [0.15, 0.2) is 44.2 Å². The second-order valence-electron chi connectivity index (χ2n) is 4.01. The Balaban J connectivity index is 2.46. The molecule has 1 heterocycles. The van der Waals surface area contributed by atoms with Crippen LogP contribution in [0.25, 0.3) is 0 Å². The molecule has 2 rings (SSSR count). The van der Waals surface area contributed by atoms with Gasteiger partial charge in [0.15, 0.2) is 0 Å². The zero-order valence-electron chi connectivity index (χ0n) is 9.58. The second-order valence-corrected chi connectivity index (χ2v) is 5.84. The van der Waals surface area contributed by atoms with Crippen molar-refractivity contribution in [1.82, 2.24) is 4.57 Å². The van der Waals surface area contributed by atoms with Gasteiger partial charge in [-0.15, -0.1) is 0 Å². The molecule has 0 fully saturated rings. The van der Waals surface area contributed by atoms with Crippen LogP contribution in [-0.2, 0) is 6.54 Å². The van der Waals surface area contributed by atoms with Crippen molar-refractivity contribution < 1.29 is 4.39 Å². The van der Waals surface area contributed by atoms with Gasteiger partial charge in [-0.3, -0.25) is 4.79 Å². The van der Waals surface area contributed by atoms with E-state index in [1.807, 2.05) is 0 Å². The topological polar surface area (TPSA) is 22.0 Å². The molecule has 0 aliphatic carbocycles. The zero-order chi connectivity index (χ0) is 13.3. The van der Waals surface area contributed by atoms with Gasteiger partial charge < -0.3 is 4.57 Å². The lowest BCUT2D eigenvalue weighted by molar-refractivity contribution is 0.595. The van der Waals surface area contributed by atoms with Crippen LogP contribution < -0.4 is 5.56 Å². The van der Waals surface area contributed by atoms with Crippen LogP contribution in [0.4, 0.5) is 4.39 Å². The van der Waals surface area contributed by atoms with Crippen LogP contribution in [0.3, 0.4) is 0 Å². The van der Waals surface area contributed by atoms with E-state index in [4.69, 9.17) is 0 Å². The fourth-order valence-corrected chi connectivity index (χ4v) is 2.70. The predicted octanol–water partition coefficient (Wildman–Crippen LogP) is 3.87. The van der Waals surface area contributed by atoms with E-state index < -0.39 is 0 Å². The van der Waals surface area contributed by atoms with Gasteiger partial charge in [0.2, 0.25) is 0 Å². The molecule has 2 nitrogen and oxygen atoms in total. The summed E-state index contributed by atoms with van der Waals surface area (Å²) in [5.74, 6) is -0.317. The Labute approximate surface area is 121 Å². The van der Waals surface area contributed by atoms with Crippen LogP contribution in [0.2, 0.25) is 0 Å². The minimum atomic E-state index is -0.317. The van der Waals surface area contributed by atoms with Crippen molar-refractivity contribution in [3.8, 4) is 0 Å².